The molecule has 6 heteroatoms. The molecular weight excluding hydrogens is 274 g/mol. The highest BCUT2D eigenvalue weighted by Crippen LogP contribution is 2.17. The van der Waals surface area contributed by atoms with Gasteiger partial charge >= 0.3 is 5.69 Å². The Balaban J connectivity index is 3.15. The van der Waals surface area contributed by atoms with Gasteiger partial charge in [-0.2, -0.15) is 0 Å². The second-order valence-corrected chi connectivity index (χ2v) is 5.35. The molecule has 20 heavy (non-hydrogen) atoms. The van der Waals surface area contributed by atoms with E-state index in [2.05, 4.69) is 11.9 Å². The molecule has 0 amide bonds. The maximum Gasteiger partial charge on any atom is 0.330 e. The molecule has 0 bridgehead atoms. The third kappa shape index (κ3) is 3.64. The smallest absolute Gasteiger partial charge is 0.330 e. The van der Waals surface area contributed by atoms with Crippen LogP contribution in [0.25, 0.3) is 0 Å². The summed E-state index contributed by atoms with van der Waals surface area (Å²) in [7, 11) is 3.37. The van der Waals surface area contributed by atoms with Crippen LogP contribution in [0, 0.1) is 17.5 Å². The normalized spacial score (nSPS) is 13.1. The quantitative estimate of drug-likeness (QED) is 0.647. The number of aromatic nitrogens is 2. The first-order valence-corrected chi connectivity index (χ1v) is 7.26. The summed E-state index contributed by atoms with van der Waals surface area (Å²) in [6, 6.07) is 0. The summed E-state index contributed by atoms with van der Waals surface area (Å²) in [6.45, 7) is 4.16. The largest absolute Gasteiger partial charge is 0.396 e. The predicted octanol–water partition coefficient (Wildman–Crippen LogP) is 2.26. The average Bonchev–Trinajstić information content (AvgIpc) is 2.46. The minimum absolute atomic E-state index is 0.170. The maximum absolute atomic E-state index is 12.0. The molecule has 1 heterocycles. The molecule has 0 saturated heterocycles. The van der Waals surface area contributed by atoms with Crippen molar-refractivity contribution < 1.29 is 5.11 Å². The van der Waals surface area contributed by atoms with Crippen LogP contribution in [0.2, 0.25) is 0 Å². The number of aliphatic hydroxyl groups is 1. The van der Waals surface area contributed by atoms with Gasteiger partial charge in [-0.05, 0) is 32.1 Å². The Morgan fingerprint density at radius 1 is 1.40 bits per heavy atom. The summed E-state index contributed by atoms with van der Waals surface area (Å²) in [5, 5.41) is 8.88. The van der Waals surface area contributed by atoms with Gasteiger partial charge in [0.1, 0.15) is 10.5 Å². The fourth-order valence-electron chi connectivity index (χ4n) is 2.10. The standard InChI is InChI=1S/C14H23N3O2S/c1-5-11(7-6-8-18)9-15-12-10(2)13(20)17(4)14(19)16(12)3/h9,11,18H,5-8H2,1-4H3/b15-9-. The molecular formula is C14H23N3O2S. The summed E-state index contributed by atoms with van der Waals surface area (Å²) in [5.41, 5.74) is 0.661. The lowest BCUT2D eigenvalue weighted by atomic mass is 10.0. The average molecular weight is 297 g/mol. The topological polar surface area (TPSA) is 59.5 Å². The van der Waals surface area contributed by atoms with Gasteiger partial charge in [-0.25, -0.2) is 9.79 Å². The van der Waals surface area contributed by atoms with Crippen LogP contribution in [-0.4, -0.2) is 27.1 Å². The zero-order valence-electron chi connectivity index (χ0n) is 12.6. The molecule has 0 aliphatic carbocycles. The summed E-state index contributed by atoms with van der Waals surface area (Å²) in [4.78, 5) is 16.5. The van der Waals surface area contributed by atoms with Crippen LogP contribution >= 0.6 is 12.2 Å². The molecule has 0 aliphatic rings. The van der Waals surface area contributed by atoms with Crippen molar-refractivity contribution >= 4 is 24.3 Å². The van der Waals surface area contributed by atoms with Gasteiger partial charge < -0.3 is 5.11 Å². The monoisotopic (exact) mass is 297 g/mol. The van der Waals surface area contributed by atoms with Gasteiger partial charge in [-0.1, -0.05) is 19.1 Å². The van der Waals surface area contributed by atoms with E-state index in [1.807, 2.05) is 13.1 Å². The fourth-order valence-corrected chi connectivity index (χ4v) is 2.27. The second-order valence-electron chi connectivity index (χ2n) is 4.97. The molecule has 0 fully saturated rings. The van der Waals surface area contributed by atoms with Crippen LogP contribution < -0.4 is 5.69 Å². The molecule has 1 N–H and O–H groups in total. The van der Waals surface area contributed by atoms with Crippen LogP contribution in [0.3, 0.4) is 0 Å². The van der Waals surface area contributed by atoms with E-state index in [-0.39, 0.29) is 12.3 Å². The van der Waals surface area contributed by atoms with E-state index in [0.29, 0.717) is 16.4 Å². The minimum Gasteiger partial charge on any atom is -0.396 e. The van der Waals surface area contributed by atoms with Crippen LogP contribution in [-0.2, 0) is 14.1 Å². The van der Waals surface area contributed by atoms with Crippen molar-refractivity contribution in [3.05, 3.63) is 20.7 Å². The molecule has 1 aromatic rings. The number of nitrogens with zero attached hydrogens (tertiary/aromatic N) is 3. The molecule has 1 unspecified atom stereocenters. The van der Waals surface area contributed by atoms with Gasteiger partial charge in [0.25, 0.3) is 0 Å². The highest BCUT2D eigenvalue weighted by Gasteiger charge is 2.09. The molecule has 0 aromatic carbocycles. The van der Waals surface area contributed by atoms with Gasteiger partial charge in [-0.15, -0.1) is 0 Å². The molecule has 112 valence electrons. The number of aliphatic imine (C=N–C) groups is 1. The first-order valence-electron chi connectivity index (χ1n) is 6.85. The zero-order valence-corrected chi connectivity index (χ0v) is 13.4. The van der Waals surface area contributed by atoms with Crippen molar-refractivity contribution in [2.24, 2.45) is 25.0 Å². The Kier molecular flexibility index (Phi) is 6.29. The molecule has 0 aliphatic heterocycles. The van der Waals surface area contributed by atoms with E-state index >= 15 is 0 Å². The van der Waals surface area contributed by atoms with Crippen LogP contribution in [0.4, 0.5) is 5.82 Å². The van der Waals surface area contributed by atoms with Crippen molar-refractivity contribution in [1.29, 1.82) is 0 Å². The van der Waals surface area contributed by atoms with Crippen LogP contribution in [0.15, 0.2) is 9.79 Å². The summed E-state index contributed by atoms with van der Waals surface area (Å²) < 4.78 is 3.48. The van der Waals surface area contributed by atoms with Crippen molar-refractivity contribution in [1.82, 2.24) is 9.13 Å². The first-order chi connectivity index (χ1) is 9.43. The molecule has 1 atom stereocenters. The molecule has 5 nitrogen and oxygen atoms in total. The highest BCUT2D eigenvalue weighted by molar-refractivity contribution is 7.71. The number of aliphatic hydroxyl groups excluding tert-OH is 1. The van der Waals surface area contributed by atoms with Crippen molar-refractivity contribution in [3.63, 3.8) is 0 Å². The van der Waals surface area contributed by atoms with Gasteiger partial charge in [0.2, 0.25) is 0 Å². The Morgan fingerprint density at radius 3 is 2.60 bits per heavy atom. The third-order valence-electron chi connectivity index (χ3n) is 3.52. The van der Waals surface area contributed by atoms with Gasteiger partial charge in [0.05, 0.1) is 0 Å². The number of rotatable bonds is 6. The van der Waals surface area contributed by atoms with E-state index in [9.17, 15) is 4.79 Å². The highest BCUT2D eigenvalue weighted by atomic mass is 32.1. The molecule has 0 radical (unpaired) electrons. The van der Waals surface area contributed by atoms with Crippen LogP contribution in [0.1, 0.15) is 31.7 Å². The van der Waals surface area contributed by atoms with E-state index in [4.69, 9.17) is 17.3 Å². The number of hydrogen-bond acceptors (Lipinski definition) is 4. The lowest BCUT2D eigenvalue weighted by Crippen LogP contribution is -2.28. The van der Waals surface area contributed by atoms with E-state index < -0.39 is 0 Å². The van der Waals surface area contributed by atoms with Gasteiger partial charge in [0.15, 0.2) is 0 Å². The predicted molar refractivity (Wildman–Crippen MR) is 84.5 cm³/mol. The molecule has 1 rings (SSSR count). The Morgan fingerprint density at radius 2 is 2.05 bits per heavy atom. The Bertz CT molecular complexity index is 564. The third-order valence-corrected chi connectivity index (χ3v) is 4.10. The number of hydrogen-bond donors (Lipinski definition) is 1. The Hall–Kier alpha value is -1.27. The van der Waals surface area contributed by atoms with E-state index in [0.717, 1.165) is 24.8 Å². The zero-order chi connectivity index (χ0) is 15.3. The lowest BCUT2D eigenvalue weighted by Gasteiger charge is -2.12. The van der Waals surface area contributed by atoms with E-state index in [1.54, 1.807) is 14.1 Å². The minimum atomic E-state index is -0.170. The van der Waals surface area contributed by atoms with Crippen molar-refractivity contribution in [2.75, 3.05) is 6.61 Å². The molecule has 0 saturated carbocycles. The molecule has 0 spiro atoms. The van der Waals surface area contributed by atoms with Crippen molar-refractivity contribution in [2.45, 2.75) is 33.1 Å². The first kappa shape index (κ1) is 16.8. The van der Waals surface area contributed by atoms with Gasteiger partial charge in [0, 0.05) is 32.5 Å². The maximum atomic E-state index is 12.0. The second kappa shape index (κ2) is 7.50. The fraction of sp³-hybridized carbons (Fsp3) is 0.643. The van der Waals surface area contributed by atoms with Crippen molar-refractivity contribution in [3.8, 4) is 0 Å². The van der Waals surface area contributed by atoms with Gasteiger partial charge in [-0.3, -0.25) is 9.13 Å². The van der Waals surface area contributed by atoms with E-state index in [1.165, 1.54) is 9.13 Å². The molecule has 1 aromatic heterocycles. The summed E-state index contributed by atoms with van der Waals surface area (Å²) in [5.74, 6) is 0.916. The lowest BCUT2D eigenvalue weighted by molar-refractivity contribution is 0.278. The Labute approximate surface area is 124 Å². The SMILES string of the molecule is CCC(/C=N\c1c(C)c(=S)n(C)c(=O)n1C)CCCO. The van der Waals surface area contributed by atoms with Crippen LogP contribution in [0.5, 0.6) is 0 Å². The summed E-state index contributed by atoms with van der Waals surface area (Å²) in [6.07, 6.45) is 4.48. The summed E-state index contributed by atoms with van der Waals surface area (Å²) >= 11 is 5.25.